The van der Waals surface area contributed by atoms with Gasteiger partial charge in [0.25, 0.3) is 5.91 Å². The Bertz CT molecular complexity index is 1400. The third-order valence-electron chi connectivity index (χ3n) is 8.16. The largest absolute Gasteiger partial charge is 0.390 e. The van der Waals surface area contributed by atoms with Crippen LogP contribution >= 0.6 is 0 Å². The first-order valence-electron chi connectivity index (χ1n) is 15.4. The van der Waals surface area contributed by atoms with Gasteiger partial charge in [0.05, 0.1) is 18.2 Å². The summed E-state index contributed by atoms with van der Waals surface area (Å²) in [5, 5.41) is 23.3. The zero-order valence-corrected chi connectivity index (χ0v) is 26.4. The molecule has 2 aromatic carbocycles. The fourth-order valence-corrected chi connectivity index (χ4v) is 6.07. The van der Waals surface area contributed by atoms with Crippen molar-refractivity contribution in [2.45, 2.75) is 82.5 Å². The number of carbonyl (C=O) groups is 3. The molecule has 1 aliphatic carbocycles. The predicted octanol–water partition coefficient (Wildman–Crippen LogP) is 2.36. The maximum absolute atomic E-state index is 13.7. The topological polar surface area (TPSA) is 157 Å². The second kappa shape index (κ2) is 15.5. The Morgan fingerprint density at radius 3 is 2.43 bits per heavy atom. The van der Waals surface area contributed by atoms with Crippen LogP contribution in [0.3, 0.4) is 0 Å². The predicted molar refractivity (Wildman–Crippen MR) is 171 cm³/mol. The zero-order chi connectivity index (χ0) is 31.7. The lowest BCUT2D eigenvalue weighted by Crippen LogP contribution is -2.53. The molecule has 12 heteroatoms. The molecule has 1 saturated heterocycles. The first-order valence-corrected chi connectivity index (χ1v) is 17.5. The maximum Gasteiger partial charge on any atom is 0.251 e. The Hall–Kier alpha value is -3.48. The lowest BCUT2D eigenvalue weighted by molar-refractivity contribution is -0.123. The van der Waals surface area contributed by atoms with Crippen LogP contribution in [0.4, 0.5) is 11.4 Å². The summed E-state index contributed by atoms with van der Waals surface area (Å²) in [7, 11) is -3.35. The van der Waals surface area contributed by atoms with Crippen molar-refractivity contribution in [3.8, 4) is 0 Å². The number of amides is 3. The number of benzene rings is 2. The van der Waals surface area contributed by atoms with E-state index in [0.717, 1.165) is 37.5 Å². The molecule has 0 radical (unpaired) electrons. The van der Waals surface area contributed by atoms with E-state index in [1.807, 2.05) is 30.3 Å². The average Bonchev–Trinajstić information content (AvgIpc) is 3.44. The molecular weight excluding hydrogens is 582 g/mol. The van der Waals surface area contributed by atoms with Gasteiger partial charge in [-0.25, -0.2) is 8.42 Å². The van der Waals surface area contributed by atoms with Crippen LogP contribution in [0.1, 0.15) is 67.8 Å². The normalized spacial score (nSPS) is 18.0. The molecule has 11 nitrogen and oxygen atoms in total. The van der Waals surface area contributed by atoms with Crippen LogP contribution < -0.4 is 26.2 Å². The van der Waals surface area contributed by atoms with E-state index in [1.165, 1.54) is 12.5 Å². The van der Waals surface area contributed by atoms with Crippen LogP contribution in [-0.2, 0) is 25.8 Å². The minimum atomic E-state index is -3.35. The fourth-order valence-electron chi connectivity index (χ4n) is 5.64. The summed E-state index contributed by atoms with van der Waals surface area (Å²) in [5.41, 5.74) is 2.01. The first kappa shape index (κ1) is 33.4. The molecule has 0 aromatic heterocycles. The molecule has 3 atom stereocenters. The molecule has 1 saturated carbocycles. The molecule has 0 bridgehead atoms. The summed E-state index contributed by atoms with van der Waals surface area (Å²) in [4.78, 5) is 40.5. The minimum Gasteiger partial charge on any atom is -0.390 e. The van der Waals surface area contributed by atoms with E-state index in [1.54, 1.807) is 24.0 Å². The van der Waals surface area contributed by atoms with E-state index in [9.17, 15) is 27.9 Å². The van der Waals surface area contributed by atoms with Gasteiger partial charge in [0.1, 0.15) is 5.88 Å². The molecule has 2 fully saturated rings. The van der Waals surface area contributed by atoms with Gasteiger partial charge >= 0.3 is 0 Å². The SMILES string of the molecule is C[C@H](NC[C@@H](O)[C@H](Cc1ccccc1)NC(=O)c1cc(NCS(C)(=O)=O)cc(N2CCCC2=O)c1)C(=O)NC1CCCCC1. The van der Waals surface area contributed by atoms with Gasteiger partial charge < -0.3 is 31.3 Å². The molecule has 4 rings (SSSR count). The third kappa shape index (κ3) is 10.0. The summed E-state index contributed by atoms with van der Waals surface area (Å²) >= 11 is 0. The molecule has 2 aliphatic rings. The minimum absolute atomic E-state index is 0.0679. The van der Waals surface area contributed by atoms with Gasteiger partial charge in [-0.1, -0.05) is 49.6 Å². The zero-order valence-electron chi connectivity index (χ0n) is 25.6. The van der Waals surface area contributed by atoms with Gasteiger partial charge in [-0.15, -0.1) is 0 Å². The van der Waals surface area contributed by atoms with Crippen molar-refractivity contribution < 1.29 is 27.9 Å². The number of rotatable bonds is 14. The Morgan fingerprint density at radius 2 is 1.77 bits per heavy atom. The Balaban J connectivity index is 1.49. The maximum atomic E-state index is 13.7. The number of aliphatic hydroxyl groups excluding tert-OH is 1. The quantitative estimate of drug-likeness (QED) is 0.214. The first-order chi connectivity index (χ1) is 21.0. The molecule has 0 spiro atoms. The van der Waals surface area contributed by atoms with Crippen LogP contribution in [0.5, 0.6) is 0 Å². The highest BCUT2D eigenvalue weighted by Gasteiger charge is 2.27. The van der Waals surface area contributed by atoms with Crippen LogP contribution in [0, 0.1) is 0 Å². The molecule has 0 unspecified atom stereocenters. The number of nitrogens with one attached hydrogen (secondary N) is 4. The van der Waals surface area contributed by atoms with Crippen molar-refractivity contribution in [3.63, 3.8) is 0 Å². The van der Waals surface area contributed by atoms with Crippen molar-refractivity contribution >= 4 is 38.9 Å². The van der Waals surface area contributed by atoms with Crippen LogP contribution in [-0.4, -0.2) is 80.7 Å². The van der Waals surface area contributed by atoms with E-state index in [-0.39, 0.29) is 35.8 Å². The van der Waals surface area contributed by atoms with E-state index < -0.39 is 33.9 Å². The summed E-state index contributed by atoms with van der Waals surface area (Å²) < 4.78 is 23.6. The van der Waals surface area contributed by atoms with E-state index in [4.69, 9.17) is 0 Å². The highest BCUT2D eigenvalue weighted by atomic mass is 32.2. The monoisotopic (exact) mass is 627 g/mol. The molecule has 1 aliphatic heterocycles. The highest BCUT2D eigenvalue weighted by Crippen LogP contribution is 2.27. The molecule has 2 aromatic rings. The van der Waals surface area contributed by atoms with E-state index >= 15 is 0 Å². The van der Waals surface area contributed by atoms with Gasteiger partial charge in [0.2, 0.25) is 11.8 Å². The molecule has 5 N–H and O–H groups in total. The number of aliphatic hydroxyl groups is 1. The highest BCUT2D eigenvalue weighted by molar-refractivity contribution is 7.90. The number of nitrogens with zero attached hydrogens (tertiary/aromatic N) is 1. The lowest BCUT2D eigenvalue weighted by atomic mass is 9.95. The smallest absolute Gasteiger partial charge is 0.251 e. The summed E-state index contributed by atoms with van der Waals surface area (Å²) in [6, 6.07) is 13.2. The van der Waals surface area contributed by atoms with Gasteiger partial charge in [0.15, 0.2) is 9.84 Å². The number of hydrogen-bond acceptors (Lipinski definition) is 8. The molecule has 1 heterocycles. The molecule has 44 heavy (non-hydrogen) atoms. The number of anilines is 2. The second-order valence-corrected chi connectivity index (χ2v) is 14.1. The van der Waals surface area contributed by atoms with E-state index in [2.05, 4.69) is 21.3 Å². The van der Waals surface area contributed by atoms with Crippen molar-refractivity contribution in [2.75, 3.05) is 35.4 Å². The standard InChI is InChI=1S/C32H45N5O6S/c1-22(31(40)35-25-12-7-4-8-13-25)33-20-29(38)28(16-23-10-5-3-6-11-23)36-32(41)24-17-26(34-21-44(2,42)43)19-27(18-24)37-15-9-14-30(37)39/h3,5-6,10-11,17-19,22,25,28-29,33-34,38H,4,7-9,12-16,20-21H2,1-2H3,(H,35,40)(H,36,41)/t22-,28-,29+/m0/s1. The molecule has 240 valence electrons. The molecular formula is C32H45N5O6S. The van der Waals surface area contributed by atoms with Gasteiger partial charge in [-0.3, -0.25) is 14.4 Å². The number of sulfone groups is 1. The summed E-state index contributed by atoms with van der Waals surface area (Å²) in [5.74, 6) is -1.00. The van der Waals surface area contributed by atoms with Crippen LogP contribution in [0.15, 0.2) is 48.5 Å². The molecule has 3 amide bonds. The summed E-state index contributed by atoms with van der Waals surface area (Å²) in [6.07, 6.45) is 6.87. The Kier molecular flexibility index (Phi) is 11.8. The van der Waals surface area contributed by atoms with Crippen molar-refractivity contribution in [3.05, 3.63) is 59.7 Å². The Labute approximate surface area is 260 Å². The fraction of sp³-hybridized carbons (Fsp3) is 0.531. The van der Waals surface area contributed by atoms with E-state index in [0.29, 0.717) is 37.2 Å². The number of hydrogen-bond donors (Lipinski definition) is 5. The van der Waals surface area contributed by atoms with Gasteiger partial charge in [-0.05, 0) is 56.4 Å². The lowest BCUT2D eigenvalue weighted by Gasteiger charge is -2.28. The average molecular weight is 628 g/mol. The van der Waals surface area contributed by atoms with Crippen molar-refractivity contribution in [1.82, 2.24) is 16.0 Å². The summed E-state index contributed by atoms with van der Waals surface area (Å²) in [6.45, 7) is 2.33. The third-order valence-corrected chi connectivity index (χ3v) is 8.83. The van der Waals surface area contributed by atoms with Crippen molar-refractivity contribution in [2.24, 2.45) is 0 Å². The van der Waals surface area contributed by atoms with Crippen LogP contribution in [0.2, 0.25) is 0 Å². The second-order valence-electron chi connectivity index (χ2n) is 12.0. The number of carbonyl (C=O) groups excluding carboxylic acids is 3. The Morgan fingerprint density at radius 1 is 1.05 bits per heavy atom. The van der Waals surface area contributed by atoms with Crippen molar-refractivity contribution in [1.29, 1.82) is 0 Å². The van der Waals surface area contributed by atoms with Gasteiger partial charge in [0, 0.05) is 48.7 Å². The van der Waals surface area contributed by atoms with Gasteiger partial charge in [-0.2, -0.15) is 0 Å². The van der Waals surface area contributed by atoms with Crippen LogP contribution in [0.25, 0.3) is 0 Å².